The number of ketones is 1. The van der Waals surface area contributed by atoms with E-state index in [2.05, 4.69) is 20.4 Å². The maximum absolute atomic E-state index is 14.1. The lowest BCUT2D eigenvalue weighted by Crippen LogP contribution is -2.56. The monoisotopic (exact) mass is 750 g/mol. The summed E-state index contributed by atoms with van der Waals surface area (Å²) >= 11 is 0. The number of amides is 1. The molecular weight excluding hydrogens is 710 g/mol. The molecule has 1 aliphatic heterocycles. The molecule has 0 aliphatic carbocycles. The van der Waals surface area contributed by atoms with E-state index in [9.17, 15) is 22.4 Å². The molecule has 0 spiro atoms. The lowest BCUT2D eigenvalue weighted by Gasteiger charge is -2.36. The number of piperazine rings is 1. The van der Waals surface area contributed by atoms with Crippen molar-refractivity contribution in [3.05, 3.63) is 108 Å². The molecule has 14 heteroatoms. The molecule has 0 saturated carbocycles. The van der Waals surface area contributed by atoms with Crippen LogP contribution in [-0.4, -0.2) is 85.7 Å². The van der Waals surface area contributed by atoms with Crippen LogP contribution in [0.4, 0.5) is 16.0 Å². The highest BCUT2D eigenvalue weighted by atomic mass is 32.2. The van der Waals surface area contributed by atoms with Gasteiger partial charge in [-0.25, -0.2) is 12.8 Å². The number of Topliss-reactive ketones (excluding diaryl/α,β-unsaturated/α-hetero) is 1. The fraction of sp³-hybridized carbons (Fsp3) is 0.275. The summed E-state index contributed by atoms with van der Waals surface area (Å²) in [4.78, 5) is 31.5. The number of fused-ring (bicyclic) bond motifs is 1. The summed E-state index contributed by atoms with van der Waals surface area (Å²) in [6, 6.07) is 27.4. The molecule has 278 valence electrons. The van der Waals surface area contributed by atoms with E-state index in [0.717, 1.165) is 21.8 Å². The van der Waals surface area contributed by atoms with Crippen molar-refractivity contribution in [2.75, 3.05) is 48.3 Å². The average molecular weight is 751 g/mol. The number of nitrogens with zero attached hydrogens (tertiary/aromatic N) is 6. The first-order chi connectivity index (χ1) is 26.0. The second kappa shape index (κ2) is 14.9. The minimum Gasteiger partial charge on any atom is -0.455 e. The molecule has 1 aliphatic rings. The van der Waals surface area contributed by atoms with Gasteiger partial charge in [0.25, 0.3) is 5.91 Å². The highest BCUT2D eigenvalue weighted by Crippen LogP contribution is 2.42. The number of furan rings is 1. The van der Waals surface area contributed by atoms with Crippen LogP contribution in [0, 0.1) is 6.92 Å². The van der Waals surface area contributed by atoms with Crippen molar-refractivity contribution in [2.45, 2.75) is 33.2 Å². The molecule has 54 heavy (non-hydrogen) atoms. The number of alkyl halides is 1. The van der Waals surface area contributed by atoms with Gasteiger partial charge < -0.3 is 9.32 Å². The number of hydrogen-bond donors (Lipinski definition) is 1. The largest absolute Gasteiger partial charge is 0.455 e. The van der Waals surface area contributed by atoms with Gasteiger partial charge in [0.15, 0.2) is 5.78 Å². The van der Waals surface area contributed by atoms with Crippen LogP contribution in [0.3, 0.4) is 0 Å². The molecule has 1 atom stereocenters. The Morgan fingerprint density at radius 1 is 1.00 bits per heavy atom. The number of aromatic nitrogens is 4. The highest BCUT2D eigenvalue weighted by Gasteiger charge is 2.35. The van der Waals surface area contributed by atoms with Gasteiger partial charge in [0.2, 0.25) is 10.0 Å². The minimum atomic E-state index is -3.96. The molecule has 1 N–H and O–H groups in total. The Balaban J connectivity index is 1.27. The third-order valence-corrected chi connectivity index (χ3v) is 10.9. The zero-order chi connectivity index (χ0) is 38.1. The summed E-state index contributed by atoms with van der Waals surface area (Å²) in [5.41, 5.74) is 4.78. The number of halogens is 1. The van der Waals surface area contributed by atoms with Gasteiger partial charge >= 0.3 is 5.95 Å². The van der Waals surface area contributed by atoms with Crippen LogP contribution in [0.25, 0.3) is 39.1 Å². The SMILES string of the molecule is CCC(=O)c1c(-c2ccc(C)cc2)oc2cc(N(CCF)S(C)(=O)=O)c(-c3cccc(C(=O)N4CCN(c5nn[nH][n+]5-c5ccccc5)[C@H](C)C4)c3)cc12. The van der Waals surface area contributed by atoms with E-state index in [-0.39, 0.29) is 35.4 Å². The van der Waals surface area contributed by atoms with Crippen molar-refractivity contribution in [2.24, 2.45) is 0 Å². The number of benzene rings is 4. The van der Waals surface area contributed by atoms with E-state index >= 15 is 0 Å². The van der Waals surface area contributed by atoms with Gasteiger partial charge in [-0.1, -0.05) is 72.3 Å². The van der Waals surface area contributed by atoms with Gasteiger partial charge in [0.05, 0.1) is 48.3 Å². The summed E-state index contributed by atoms with van der Waals surface area (Å²) in [5, 5.41) is 11.8. The van der Waals surface area contributed by atoms with E-state index in [4.69, 9.17) is 4.42 Å². The number of carbonyl (C=O) groups is 2. The standard InChI is InChI=1S/C40H40FN7O5S/c1-5-35(49)37-33-23-32(34(47(19-18-41)54(4,51)52)24-36(33)53-38(37)28-16-14-26(2)15-17-28)29-10-9-11-30(22-29)39(50)45-20-21-46(27(3)25-45)40-42-43-44-48(40)31-12-7-6-8-13-31/h6-17,22-24,27H,5,18-21,25H2,1-4H3/p+1/t27-/m1/s1. The number of anilines is 2. The summed E-state index contributed by atoms with van der Waals surface area (Å²) in [6.45, 7) is 5.74. The normalized spacial score (nSPS) is 14.8. The summed E-state index contributed by atoms with van der Waals surface area (Å²) < 4.78 is 49.4. The number of hydrogen-bond acceptors (Lipinski definition) is 8. The number of sulfonamides is 1. The Labute approximate surface area is 312 Å². The van der Waals surface area contributed by atoms with Gasteiger partial charge in [-0.15, -0.1) is 4.68 Å². The number of aryl methyl sites for hydroxylation is 1. The fourth-order valence-electron chi connectivity index (χ4n) is 7.05. The van der Waals surface area contributed by atoms with Gasteiger partial charge in [0.1, 0.15) is 28.9 Å². The van der Waals surface area contributed by atoms with Gasteiger partial charge in [-0.3, -0.25) is 18.8 Å². The zero-order valence-corrected chi connectivity index (χ0v) is 31.3. The smallest absolute Gasteiger partial charge is 0.407 e. The molecule has 1 fully saturated rings. The van der Waals surface area contributed by atoms with Crippen molar-refractivity contribution in [3.8, 4) is 28.1 Å². The van der Waals surface area contributed by atoms with Crippen LogP contribution in [0.1, 0.15) is 46.5 Å². The summed E-state index contributed by atoms with van der Waals surface area (Å²) in [6.07, 6.45) is 1.23. The molecule has 12 nitrogen and oxygen atoms in total. The molecule has 0 bridgehead atoms. The maximum Gasteiger partial charge on any atom is 0.407 e. The summed E-state index contributed by atoms with van der Waals surface area (Å²) in [5.74, 6) is 0.662. The van der Waals surface area contributed by atoms with Crippen LogP contribution >= 0.6 is 0 Å². The third kappa shape index (κ3) is 6.96. The molecule has 0 radical (unpaired) electrons. The predicted molar refractivity (Wildman–Crippen MR) is 205 cm³/mol. The van der Waals surface area contributed by atoms with Crippen molar-refractivity contribution >= 4 is 44.3 Å². The number of para-hydroxylation sites is 1. The number of H-pyrrole nitrogens is 1. The molecule has 7 rings (SSSR count). The van der Waals surface area contributed by atoms with Crippen LogP contribution in [0.2, 0.25) is 0 Å². The number of aromatic amines is 1. The highest BCUT2D eigenvalue weighted by molar-refractivity contribution is 7.92. The maximum atomic E-state index is 14.1. The minimum absolute atomic E-state index is 0.0951. The zero-order valence-electron chi connectivity index (χ0n) is 30.5. The predicted octanol–water partition coefficient (Wildman–Crippen LogP) is 6.15. The molecule has 6 aromatic rings. The number of nitrogens with one attached hydrogen (secondary N) is 1. The van der Waals surface area contributed by atoms with E-state index in [1.807, 2.05) is 68.4 Å². The first-order valence-corrected chi connectivity index (χ1v) is 19.6. The molecule has 1 amide bonds. The van der Waals surface area contributed by atoms with E-state index in [1.54, 1.807) is 52.9 Å². The van der Waals surface area contributed by atoms with Crippen LogP contribution in [-0.2, 0) is 10.0 Å². The quantitative estimate of drug-likeness (QED) is 0.123. The van der Waals surface area contributed by atoms with E-state index < -0.39 is 23.2 Å². The molecule has 0 unspecified atom stereocenters. The molecule has 4 aromatic carbocycles. The lowest BCUT2D eigenvalue weighted by molar-refractivity contribution is -0.648. The Morgan fingerprint density at radius 3 is 2.44 bits per heavy atom. The van der Waals surface area contributed by atoms with Gasteiger partial charge in [-0.05, 0) is 49.7 Å². The second-order valence-electron chi connectivity index (χ2n) is 13.5. The number of tetrazole rings is 1. The van der Waals surface area contributed by atoms with E-state index in [1.165, 1.54) is 0 Å². The van der Waals surface area contributed by atoms with Gasteiger partial charge in [0, 0.05) is 41.1 Å². The van der Waals surface area contributed by atoms with Crippen molar-refractivity contribution in [1.82, 2.24) is 20.4 Å². The molecule has 2 aromatic heterocycles. The number of rotatable bonds is 11. The Bertz CT molecular complexity index is 2450. The Morgan fingerprint density at radius 2 is 1.76 bits per heavy atom. The Hall–Kier alpha value is -5.89. The number of carbonyl (C=O) groups excluding carboxylic acids is 2. The second-order valence-corrected chi connectivity index (χ2v) is 15.4. The van der Waals surface area contributed by atoms with Crippen LogP contribution in [0.5, 0.6) is 0 Å². The van der Waals surface area contributed by atoms with Crippen LogP contribution in [0.15, 0.2) is 95.4 Å². The van der Waals surface area contributed by atoms with E-state index in [0.29, 0.717) is 64.5 Å². The van der Waals surface area contributed by atoms with Crippen molar-refractivity contribution in [3.63, 3.8) is 0 Å². The topological polar surface area (TPSA) is 137 Å². The summed E-state index contributed by atoms with van der Waals surface area (Å²) in [7, 11) is -3.96. The molecule has 1 saturated heterocycles. The average Bonchev–Trinajstić information content (AvgIpc) is 3.81. The lowest BCUT2D eigenvalue weighted by atomic mass is 9.95. The van der Waals surface area contributed by atoms with Crippen LogP contribution < -0.4 is 13.9 Å². The van der Waals surface area contributed by atoms with Gasteiger partial charge in [-0.2, -0.15) is 0 Å². The Kier molecular flexibility index (Phi) is 10.0. The van der Waals surface area contributed by atoms with Crippen molar-refractivity contribution < 1.29 is 31.5 Å². The molecular formula is C40H41FN7O5S+. The fourth-order valence-corrected chi connectivity index (χ4v) is 7.96. The molecule has 3 heterocycles. The third-order valence-electron chi connectivity index (χ3n) is 9.77. The first kappa shape index (κ1) is 36.5. The van der Waals surface area contributed by atoms with Crippen molar-refractivity contribution in [1.29, 1.82) is 0 Å². The first-order valence-electron chi connectivity index (χ1n) is 17.8.